The van der Waals surface area contributed by atoms with Gasteiger partial charge in [-0.2, -0.15) is 0 Å². The molecular formula is C24H29ClN2O4. The summed E-state index contributed by atoms with van der Waals surface area (Å²) in [6.07, 6.45) is 3.76. The number of ether oxygens (including phenoxy) is 2. The van der Waals surface area contributed by atoms with Gasteiger partial charge in [-0.3, -0.25) is 9.59 Å². The van der Waals surface area contributed by atoms with E-state index < -0.39 is 0 Å². The van der Waals surface area contributed by atoms with Gasteiger partial charge in [0.15, 0.2) is 11.5 Å². The van der Waals surface area contributed by atoms with Gasteiger partial charge < -0.3 is 19.7 Å². The summed E-state index contributed by atoms with van der Waals surface area (Å²) in [6.45, 7) is 5.75. The minimum atomic E-state index is -0.309. The van der Waals surface area contributed by atoms with Crippen molar-refractivity contribution < 1.29 is 19.1 Å². The van der Waals surface area contributed by atoms with Crippen molar-refractivity contribution in [2.45, 2.75) is 33.3 Å². The monoisotopic (exact) mass is 444 g/mol. The van der Waals surface area contributed by atoms with Crippen LogP contribution in [-0.2, 0) is 16.0 Å². The Kier molecular flexibility index (Phi) is 8.94. The van der Waals surface area contributed by atoms with Crippen molar-refractivity contribution in [3.05, 3.63) is 58.6 Å². The molecule has 0 bridgehead atoms. The highest BCUT2D eigenvalue weighted by molar-refractivity contribution is 6.32. The molecule has 0 aliphatic heterocycles. The summed E-state index contributed by atoms with van der Waals surface area (Å²) in [6, 6.07) is 11.0. The van der Waals surface area contributed by atoms with Gasteiger partial charge in [0.25, 0.3) is 0 Å². The summed E-state index contributed by atoms with van der Waals surface area (Å²) in [5, 5.41) is 3.25. The maximum Gasteiger partial charge on any atom is 0.246 e. The quantitative estimate of drug-likeness (QED) is 0.563. The third kappa shape index (κ3) is 7.03. The van der Waals surface area contributed by atoms with Gasteiger partial charge >= 0.3 is 0 Å². The van der Waals surface area contributed by atoms with Crippen LogP contribution in [0.3, 0.4) is 0 Å². The first-order valence-electron chi connectivity index (χ1n) is 10.1. The number of amides is 2. The molecule has 2 rings (SSSR count). The average Bonchev–Trinajstić information content (AvgIpc) is 2.73. The fraction of sp³-hybridized carbons (Fsp3) is 0.333. The Morgan fingerprint density at radius 3 is 2.58 bits per heavy atom. The van der Waals surface area contributed by atoms with Gasteiger partial charge in [-0.15, -0.1) is 0 Å². The SMILES string of the molecule is CCc1ccccc1NC(=O)CN(C)C(=O)/C=C/c1cc(Cl)c(OC(C)C)c(OC)c1. The van der Waals surface area contributed by atoms with Crippen molar-refractivity contribution >= 4 is 35.2 Å². The molecule has 1 N–H and O–H groups in total. The number of carbonyl (C=O) groups is 2. The number of methoxy groups -OCH3 is 1. The third-order valence-corrected chi connectivity index (χ3v) is 4.73. The van der Waals surface area contributed by atoms with Crippen LogP contribution in [0, 0.1) is 0 Å². The van der Waals surface area contributed by atoms with E-state index in [2.05, 4.69) is 5.32 Å². The van der Waals surface area contributed by atoms with E-state index in [1.165, 1.54) is 18.1 Å². The number of aryl methyl sites for hydroxylation is 1. The Morgan fingerprint density at radius 2 is 1.94 bits per heavy atom. The Hall–Kier alpha value is -2.99. The number of hydrogen-bond acceptors (Lipinski definition) is 4. The molecule has 0 fully saturated rings. The van der Waals surface area contributed by atoms with Crippen LogP contribution in [0.5, 0.6) is 11.5 Å². The zero-order chi connectivity index (χ0) is 23.0. The van der Waals surface area contributed by atoms with Crippen molar-refractivity contribution in [3.63, 3.8) is 0 Å². The molecule has 166 valence electrons. The predicted octanol–water partition coefficient (Wildman–Crippen LogP) is 4.81. The molecule has 0 aliphatic carbocycles. The number of benzene rings is 2. The summed E-state index contributed by atoms with van der Waals surface area (Å²) in [5.41, 5.74) is 2.48. The lowest BCUT2D eigenvalue weighted by Gasteiger charge is -2.16. The number of hydrogen-bond donors (Lipinski definition) is 1. The standard InChI is InChI=1S/C24H29ClN2O4/c1-6-18-9-7-8-10-20(18)26-22(28)15-27(4)23(29)12-11-17-13-19(25)24(31-16(2)3)21(14-17)30-5/h7-14,16H,6,15H2,1-5H3,(H,26,28)/b12-11+. The lowest BCUT2D eigenvalue weighted by Crippen LogP contribution is -2.34. The second kappa shape index (κ2) is 11.4. The molecule has 0 heterocycles. The van der Waals surface area contributed by atoms with Gasteiger partial charge in [-0.1, -0.05) is 36.7 Å². The third-order valence-electron chi connectivity index (χ3n) is 4.45. The highest BCUT2D eigenvalue weighted by atomic mass is 35.5. The number of nitrogens with one attached hydrogen (secondary N) is 1. The van der Waals surface area contributed by atoms with E-state index in [-0.39, 0.29) is 24.5 Å². The molecule has 0 saturated carbocycles. The van der Waals surface area contributed by atoms with Gasteiger partial charge in [-0.25, -0.2) is 0 Å². The predicted molar refractivity (Wildman–Crippen MR) is 125 cm³/mol. The van der Waals surface area contributed by atoms with Crippen LogP contribution in [0.2, 0.25) is 5.02 Å². The molecule has 0 aliphatic rings. The topological polar surface area (TPSA) is 67.9 Å². The maximum atomic E-state index is 12.4. The van der Waals surface area contributed by atoms with Gasteiger partial charge in [-0.05, 0) is 55.7 Å². The average molecular weight is 445 g/mol. The Morgan fingerprint density at radius 1 is 1.23 bits per heavy atom. The molecule has 6 nitrogen and oxygen atoms in total. The molecule has 0 atom stereocenters. The van der Waals surface area contributed by atoms with Crippen LogP contribution >= 0.6 is 11.6 Å². The van der Waals surface area contributed by atoms with Gasteiger partial charge in [0, 0.05) is 18.8 Å². The Balaban J connectivity index is 2.03. The van der Waals surface area contributed by atoms with Crippen molar-refractivity contribution in [2.24, 2.45) is 0 Å². The second-order valence-electron chi connectivity index (χ2n) is 7.29. The van der Waals surface area contributed by atoms with Gasteiger partial charge in [0.05, 0.1) is 24.8 Å². The van der Waals surface area contributed by atoms with Gasteiger partial charge in [0.1, 0.15) is 0 Å². The Labute approximate surface area is 188 Å². The number of halogens is 1. The maximum absolute atomic E-state index is 12.4. The number of para-hydroxylation sites is 1. The van der Waals surface area contributed by atoms with Crippen molar-refractivity contribution in [1.82, 2.24) is 4.90 Å². The number of carbonyl (C=O) groups excluding carboxylic acids is 2. The van der Waals surface area contributed by atoms with Crippen LogP contribution in [0.1, 0.15) is 31.9 Å². The summed E-state index contributed by atoms with van der Waals surface area (Å²) >= 11 is 6.32. The van der Waals surface area contributed by atoms with E-state index in [0.29, 0.717) is 22.1 Å². The fourth-order valence-corrected chi connectivity index (χ4v) is 3.18. The Bertz CT molecular complexity index is 957. The highest BCUT2D eigenvalue weighted by Crippen LogP contribution is 2.37. The van der Waals surface area contributed by atoms with E-state index >= 15 is 0 Å². The van der Waals surface area contributed by atoms with E-state index in [1.807, 2.05) is 45.0 Å². The molecule has 0 radical (unpaired) electrons. The first-order valence-corrected chi connectivity index (χ1v) is 10.5. The number of nitrogens with zero attached hydrogens (tertiary/aromatic N) is 1. The minimum Gasteiger partial charge on any atom is -0.493 e. The van der Waals surface area contributed by atoms with Crippen LogP contribution in [-0.4, -0.2) is 43.5 Å². The molecule has 0 unspecified atom stereocenters. The largest absolute Gasteiger partial charge is 0.493 e. The second-order valence-corrected chi connectivity index (χ2v) is 7.69. The van der Waals surface area contributed by atoms with E-state index in [1.54, 1.807) is 25.3 Å². The minimum absolute atomic E-state index is 0.0570. The lowest BCUT2D eigenvalue weighted by molar-refractivity contribution is -0.129. The number of rotatable bonds is 9. The molecule has 2 aromatic carbocycles. The highest BCUT2D eigenvalue weighted by Gasteiger charge is 2.14. The molecule has 0 saturated heterocycles. The molecule has 0 aromatic heterocycles. The normalized spacial score (nSPS) is 10.9. The molecular weight excluding hydrogens is 416 g/mol. The van der Waals surface area contributed by atoms with Crippen LogP contribution in [0.4, 0.5) is 5.69 Å². The summed E-state index contributed by atoms with van der Waals surface area (Å²) in [4.78, 5) is 26.1. The van der Waals surface area contributed by atoms with Gasteiger partial charge in [0.2, 0.25) is 11.8 Å². The van der Waals surface area contributed by atoms with Crippen LogP contribution in [0.15, 0.2) is 42.5 Å². The van der Waals surface area contributed by atoms with Crippen molar-refractivity contribution in [3.8, 4) is 11.5 Å². The zero-order valence-electron chi connectivity index (χ0n) is 18.6. The van der Waals surface area contributed by atoms with E-state index in [9.17, 15) is 9.59 Å². The van der Waals surface area contributed by atoms with E-state index in [4.69, 9.17) is 21.1 Å². The summed E-state index contributed by atoms with van der Waals surface area (Å²) < 4.78 is 11.1. The molecule has 7 heteroatoms. The first-order chi connectivity index (χ1) is 14.7. The van der Waals surface area contributed by atoms with Crippen LogP contribution < -0.4 is 14.8 Å². The van der Waals surface area contributed by atoms with Crippen molar-refractivity contribution in [2.75, 3.05) is 26.0 Å². The zero-order valence-corrected chi connectivity index (χ0v) is 19.3. The molecule has 2 amide bonds. The molecule has 31 heavy (non-hydrogen) atoms. The number of anilines is 1. The van der Waals surface area contributed by atoms with E-state index in [0.717, 1.165) is 17.7 Å². The summed E-state index contributed by atoms with van der Waals surface area (Å²) in [5.74, 6) is 0.376. The molecule has 0 spiro atoms. The molecule has 2 aromatic rings. The fourth-order valence-electron chi connectivity index (χ4n) is 2.91. The lowest BCUT2D eigenvalue weighted by atomic mass is 10.1. The number of likely N-dealkylation sites (N-methyl/N-ethyl adjacent to an activating group) is 1. The first kappa shape index (κ1) is 24.3. The van der Waals surface area contributed by atoms with Crippen LogP contribution in [0.25, 0.3) is 6.08 Å². The summed E-state index contributed by atoms with van der Waals surface area (Å²) in [7, 11) is 3.10. The van der Waals surface area contributed by atoms with Crippen molar-refractivity contribution in [1.29, 1.82) is 0 Å². The smallest absolute Gasteiger partial charge is 0.246 e.